The fourth-order valence-corrected chi connectivity index (χ4v) is 3.00. The fraction of sp³-hybridized carbons (Fsp3) is 0.190. The Morgan fingerprint density at radius 1 is 1.04 bits per heavy atom. The number of aromatic nitrogens is 4. The molecule has 0 amide bonds. The van der Waals surface area contributed by atoms with Gasteiger partial charge in [0.2, 0.25) is 0 Å². The van der Waals surface area contributed by atoms with Crippen LogP contribution >= 0.6 is 0 Å². The minimum atomic E-state index is -0.815. The van der Waals surface area contributed by atoms with Gasteiger partial charge < -0.3 is 9.84 Å². The number of hydrogen-bond donors (Lipinski definition) is 1. The summed E-state index contributed by atoms with van der Waals surface area (Å²) in [6.45, 7) is 0.643. The number of benzene rings is 2. The van der Waals surface area contributed by atoms with Crippen LogP contribution in [-0.4, -0.2) is 37.1 Å². The Labute approximate surface area is 161 Å². The molecule has 28 heavy (non-hydrogen) atoms. The Kier molecular flexibility index (Phi) is 5.27. The molecule has 0 bridgehead atoms. The van der Waals surface area contributed by atoms with E-state index in [0.29, 0.717) is 17.6 Å². The lowest BCUT2D eigenvalue weighted by atomic mass is 10.2. The number of aliphatic hydroxyl groups is 1. The van der Waals surface area contributed by atoms with Crippen LogP contribution in [0, 0.1) is 0 Å². The van der Waals surface area contributed by atoms with Crippen molar-refractivity contribution in [2.45, 2.75) is 19.3 Å². The fourth-order valence-electron chi connectivity index (χ4n) is 3.00. The minimum absolute atomic E-state index is 0.104. The van der Waals surface area contributed by atoms with E-state index in [4.69, 9.17) is 4.74 Å². The highest BCUT2D eigenvalue weighted by molar-refractivity contribution is 5.74. The number of aliphatic hydroxyl groups excluding tert-OH is 1. The van der Waals surface area contributed by atoms with Crippen molar-refractivity contribution in [3.05, 3.63) is 89.1 Å². The van der Waals surface area contributed by atoms with Crippen LogP contribution in [0.1, 0.15) is 5.56 Å². The van der Waals surface area contributed by atoms with Crippen LogP contribution in [0.25, 0.3) is 16.7 Å². The summed E-state index contributed by atoms with van der Waals surface area (Å²) in [6, 6.07) is 19.2. The van der Waals surface area contributed by atoms with Crippen molar-refractivity contribution in [3.63, 3.8) is 0 Å². The van der Waals surface area contributed by atoms with E-state index in [1.807, 2.05) is 60.7 Å². The normalized spacial score (nSPS) is 12.3. The summed E-state index contributed by atoms with van der Waals surface area (Å²) in [5.41, 5.74) is 2.11. The number of rotatable bonds is 7. The van der Waals surface area contributed by atoms with Crippen LogP contribution in [0.2, 0.25) is 0 Å². The molecule has 0 fully saturated rings. The lowest BCUT2D eigenvalue weighted by Gasteiger charge is -2.13. The summed E-state index contributed by atoms with van der Waals surface area (Å²) in [7, 11) is 0. The molecule has 2 aromatic carbocycles. The lowest BCUT2D eigenvalue weighted by molar-refractivity contribution is 0.0198. The van der Waals surface area contributed by atoms with Gasteiger partial charge in [-0.3, -0.25) is 9.36 Å². The van der Waals surface area contributed by atoms with Crippen LogP contribution in [0.15, 0.2) is 78.0 Å². The van der Waals surface area contributed by atoms with Gasteiger partial charge in [0.1, 0.15) is 11.7 Å². The summed E-state index contributed by atoms with van der Waals surface area (Å²) in [4.78, 5) is 17.1. The van der Waals surface area contributed by atoms with Crippen molar-refractivity contribution in [3.8, 4) is 5.69 Å². The second-order valence-corrected chi connectivity index (χ2v) is 6.49. The first kappa shape index (κ1) is 18.1. The highest BCUT2D eigenvalue weighted by atomic mass is 16.5. The summed E-state index contributed by atoms with van der Waals surface area (Å²) < 4.78 is 8.55. The Hall–Kier alpha value is -3.29. The molecule has 0 spiro atoms. The van der Waals surface area contributed by atoms with Gasteiger partial charge in [-0.15, -0.1) is 0 Å². The maximum Gasteiger partial charge on any atom is 0.264 e. The molecule has 0 saturated carbocycles. The second-order valence-electron chi connectivity index (χ2n) is 6.49. The van der Waals surface area contributed by atoms with Crippen molar-refractivity contribution in [1.82, 2.24) is 19.3 Å². The maximum absolute atomic E-state index is 12.7. The average molecular weight is 376 g/mol. The third-order valence-electron chi connectivity index (χ3n) is 4.38. The van der Waals surface area contributed by atoms with Gasteiger partial charge in [-0.1, -0.05) is 48.5 Å². The highest BCUT2D eigenvalue weighted by Crippen LogP contribution is 2.13. The first-order valence-electron chi connectivity index (χ1n) is 9.01. The SMILES string of the molecule is O=c1c2cnn(-c3ccccc3)c2ncn1C[C@H](O)COCc1ccccc1. The summed E-state index contributed by atoms with van der Waals surface area (Å²) in [6.07, 6.45) is 2.13. The van der Waals surface area contributed by atoms with Gasteiger partial charge in [0.05, 0.1) is 37.7 Å². The van der Waals surface area contributed by atoms with E-state index in [0.717, 1.165) is 11.3 Å². The Morgan fingerprint density at radius 3 is 2.50 bits per heavy atom. The first-order chi connectivity index (χ1) is 13.7. The number of nitrogens with zero attached hydrogens (tertiary/aromatic N) is 4. The molecule has 0 saturated heterocycles. The predicted octanol–water partition coefficient (Wildman–Crippen LogP) is 2.16. The van der Waals surface area contributed by atoms with E-state index in [1.165, 1.54) is 17.1 Å². The summed E-state index contributed by atoms with van der Waals surface area (Å²) in [5, 5.41) is 14.9. The standard InChI is InChI=1S/C21H20N4O3/c26-18(14-28-13-16-7-3-1-4-8-16)12-24-15-22-20-19(21(24)27)11-23-25(20)17-9-5-2-6-10-17/h1-11,15,18,26H,12-14H2/t18-/m0/s1. The van der Waals surface area contributed by atoms with Gasteiger partial charge in [-0.2, -0.15) is 5.10 Å². The molecule has 2 heterocycles. The molecule has 0 aliphatic rings. The highest BCUT2D eigenvalue weighted by Gasteiger charge is 2.13. The van der Waals surface area contributed by atoms with Crippen molar-refractivity contribution in [2.75, 3.05) is 6.61 Å². The molecule has 4 rings (SSSR count). The molecule has 0 aliphatic carbocycles. The number of para-hydroxylation sites is 1. The van der Waals surface area contributed by atoms with E-state index >= 15 is 0 Å². The zero-order valence-corrected chi connectivity index (χ0v) is 15.2. The van der Waals surface area contributed by atoms with Crippen molar-refractivity contribution in [2.24, 2.45) is 0 Å². The number of ether oxygens (including phenoxy) is 1. The van der Waals surface area contributed by atoms with E-state index < -0.39 is 6.10 Å². The van der Waals surface area contributed by atoms with Crippen LogP contribution in [-0.2, 0) is 17.9 Å². The van der Waals surface area contributed by atoms with Gasteiger partial charge in [0.15, 0.2) is 5.65 Å². The first-order valence-corrected chi connectivity index (χ1v) is 9.01. The summed E-state index contributed by atoms with van der Waals surface area (Å²) in [5.74, 6) is 0. The van der Waals surface area contributed by atoms with E-state index in [9.17, 15) is 9.90 Å². The van der Waals surface area contributed by atoms with Gasteiger partial charge in [0, 0.05) is 0 Å². The summed E-state index contributed by atoms with van der Waals surface area (Å²) >= 11 is 0. The molecule has 2 aromatic heterocycles. The molecule has 1 N–H and O–H groups in total. The van der Waals surface area contributed by atoms with E-state index in [2.05, 4.69) is 10.1 Å². The number of fused-ring (bicyclic) bond motifs is 1. The zero-order valence-electron chi connectivity index (χ0n) is 15.2. The quantitative estimate of drug-likeness (QED) is 0.534. The minimum Gasteiger partial charge on any atom is -0.389 e. The van der Waals surface area contributed by atoms with Crippen molar-refractivity contribution < 1.29 is 9.84 Å². The third kappa shape index (κ3) is 3.85. The molecule has 4 aromatic rings. The molecule has 0 aliphatic heterocycles. The van der Waals surface area contributed by atoms with Crippen LogP contribution in [0.5, 0.6) is 0 Å². The monoisotopic (exact) mass is 376 g/mol. The Morgan fingerprint density at radius 2 is 1.75 bits per heavy atom. The molecule has 1 atom stereocenters. The molecular formula is C21H20N4O3. The van der Waals surface area contributed by atoms with E-state index in [1.54, 1.807) is 4.68 Å². The van der Waals surface area contributed by atoms with Crippen LogP contribution < -0.4 is 5.56 Å². The van der Waals surface area contributed by atoms with Gasteiger partial charge in [-0.25, -0.2) is 9.67 Å². The van der Waals surface area contributed by atoms with Gasteiger partial charge >= 0.3 is 0 Å². The maximum atomic E-state index is 12.7. The van der Waals surface area contributed by atoms with Crippen LogP contribution in [0.3, 0.4) is 0 Å². The van der Waals surface area contributed by atoms with E-state index in [-0.39, 0.29) is 18.7 Å². The topological polar surface area (TPSA) is 82.2 Å². The third-order valence-corrected chi connectivity index (χ3v) is 4.38. The van der Waals surface area contributed by atoms with Crippen molar-refractivity contribution >= 4 is 11.0 Å². The molecule has 7 nitrogen and oxygen atoms in total. The smallest absolute Gasteiger partial charge is 0.264 e. The second kappa shape index (κ2) is 8.16. The van der Waals surface area contributed by atoms with Gasteiger partial charge in [-0.05, 0) is 17.7 Å². The number of hydrogen-bond acceptors (Lipinski definition) is 5. The Balaban J connectivity index is 1.46. The molecule has 0 radical (unpaired) electrons. The lowest BCUT2D eigenvalue weighted by Crippen LogP contribution is -2.29. The predicted molar refractivity (Wildman–Crippen MR) is 105 cm³/mol. The van der Waals surface area contributed by atoms with Crippen molar-refractivity contribution in [1.29, 1.82) is 0 Å². The largest absolute Gasteiger partial charge is 0.389 e. The van der Waals surface area contributed by atoms with Crippen LogP contribution in [0.4, 0.5) is 0 Å². The average Bonchev–Trinajstić information content (AvgIpc) is 3.16. The van der Waals surface area contributed by atoms with Gasteiger partial charge in [0.25, 0.3) is 5.56 Å². The molecule has 142 valence electrons. The molecule has 0 unspecified atom stereocenters. The zero-order chi connectivity index (χ0) is 19.3. The molecular weight excluding hydrogens is 356 g/mol. The Bertz CT molecular complexity index is 1110. The molecule has 7 heteroatoms.